The summed E-state index contributed by atoms with van der Waals surface area (Å²) in [7, 11) is 3.89. The van der Waals surface area contributed by atoms with Gasteiger partial charge in [-0.2, -0.15) is 0 Å². The van der Waals surface area contributed by atoms with Crippen LogP contribution < -0.4 is 15.8 Å². The molecule has 2 N–H and O–H groups in total. The third-order valence-corrected chi connectivity index (χ3v) is 2.65. The molecular formula is C14H15N3O2. The number of nitrogens with zero attached hydrogens (tertiary/aromatic N) is 1. The fourth-order valence-electron chi connectivity index (χ4n) is 1.62. The van der Waals surface area contributed by atoms with Gasteiger partial charge in [0.25, 0.3) is 5.91 Å². The number of amides is 1. The van der Waals surface area contributed by atoms with E-state index in [4.69, 9.17) is 0 Å². The highest BCUT2D eigenvalue weighted by Gasteiger charge is 2.06. The molecule has 19 heavy (non-hydrogen) atoms. The van der Waals surface area contributed by atoms with Gasteiger partial charge in [-0.05, 0) is 30.3 Å². The summed E-state index contributed by atoms with van der Waals surface area (Å²) in [5.41, 5.74) is 1.67. The van der Waals surface area contributed by atoms with Crippen LogP contribution in [-0.2, 0) is 0 Å². The van der Waals surface area contributed by atoms with Gasteiger partial charge in [-0.15, -0.1) is 0 Å². The largest absolute Gasteiger partial charge is 0.378 e. The Balaban J connectivity index is 2.13. The summed E-state index contributed by atoms with van der Waals surface area (Å²) in [6.07, 6.45) is 0. The van der Waals surface area contributed by atoms with E-state index in [0.29, 0.717) is 5.69 Å². The molecule has 0 fully saturated rings. The van der Waals surface area contributed by atoms with Crippen LogP contribution in [0.5, 0.6) is 0 Å². The molecule has 5 heteroatoms. The van der Waals surface area contributed by atoms with Crippen molar-refractivity contribution in [3.8, 4) is 0 Å². The molecule has 0 atom stereocenters. The molecule has 98 valence electrons. The third kappa shape index (κ3) is 3.22. The first-order valence-corrected chi connectivity index (χ1v) is 5.84. The molecule has 0 saturated heterocycles. The summed E-state index contributed by atoms with van der Waals surface area (Å²) >= 11 is 0. The Morgan fingerprint density at radius 3 is 2.37 bits per heavy atom. The van der Waals surface area contributed by atoms with Crippen molar-refractivity contribution >= 4 is 17.3 Å². The Morgan fingerprint density at radius 2 is 1.79 bits per heavy atom. The Bertz CT molecular complexity index is 630. The number of aromatic nitrogens is 1. The van der Waals surface area contributed by atoms with Crippen LogP contribution in [0, 0.1) is 0 Å². The zero-order valence-electron chi connectivity index (χ0n) is 10.8. The predicted molar refractivity (Wildman–Crippen MR) is 75.8 cm³/mol. The van der Waals surface area contributed by atoms with Gasteiger partial charge in [0.15, 0.2) is 0 Å². The highest BCUT2D eigenvalue weighted by Crippen LogP contribution is 2.15. The van der Waals surface area contributed by atoms with E-state index >= 15 is 0 Å². The molecule has 0 bridgehead atoms. The quantitative estimate of drug-likeness (QED) is 0.879. The number of carbonyl (C=O) groups is 1. The standard InChI is InChI=1S/C14H15N3O2/c1-17(2)11-8-6-10(7-9-11)15-14(19)12-4-3-5-13(18)16-12/h3-9H,1-2H3,(H,15,19)(H,16,18). The normalized spacial score (nSPS) is 10.0. The van der Waals surface area contributed by atoms with Crippen LogP contribution in [0.15, 0.2) is 47.3 Å². The fraction of sp³-hybridized carbons (Fsp3) is 0.143. The van der Waals surface area contributed by atoms with Gasteiger partial charge in [-0.1, -0.05) is 6.07 Å². The topological polar surface area (TPSA) is 65.2 Å². The second-order valence-electron chi connectivity index (χ2n) is 4.32. The lowest BCUT2D eigenvalue weighted by Crippen LogP contribution is -2.18. The molecule has 0 spiro atoms. The molecule has 2 rings (SSSR count). The van der Waals surface area contributed by atoms with Crippen molar-refractivity contribution in [1.82, 2.24) is 4.98 Å². The van der Waals surface area contributed by atoms with Crippen LogP contribution in [0.3, 0.4) is 0 Å². The van der Waals surface area contributed by atoms with Crippen LogP contribution in [0.4, 0.5) is 11.4 Å². The number of nitrogens with one attached hydrogen (secondary N) is 2. The summed E-state index contributed by atoms with van der Waals surface area (Å²) in [4.78, 5) is 27.5. The average molecular weight is 257 g/mol. The first kappa shape index (κ1) is 12.9. The first-order chi connectivity index (χ1) is 9.06. The van der Waals surface area contributed by atoms with Crippen molar-refractivity contribution in [3.05, 3.63) is 58.5 Å². The minimum Gasteiger partial charge on any atom is -0.378 e. The molecule has 0 aliphatic carbocycles. The first-order valence-electron chi connectivity index (χ1n) is 5.84. The van der Waals surface area contributed by atoms with E-state index in [9.17, 15) is 9.59 Å². The summed E-state index contributed by atoms with van der Waals surface area (Å²) in [5.74, 6) is -0.338. The lowest BCUT2D eigenvalue weighted by Gasteiger charge is -2.13. The molecule has 1 heterocycles. The Morgan fingerprint density at radius 1 is 1.11 bits per heavy atom. The molecule has 0 unspecified atom stereocenters. The number of carbonyl (C=O) groups excluding carboxylic acids is 1. The van der Waals surface area contributed by atoms with E-state index in [-0.39, 0.29) is 17.2 Å². The van der Waals surface area contributed by atoms with Gasteiger partial charge in [0, 0.05) is 31.5 Å². The van der Waals surface area contributed by atoms with Crippen LogP contribution in [-0.4, -0.2) is 25.0 Å². The number of aromatic amines is 1. The maximum atomic E-state index is 11.9. The van der Waals surface area contributed by atoms with Crippen LogP contribution >= 0.6 is 0 Å². The van der Waals surface area contributed by atoms with Gasteiger partial charge < -0.3 is 15.2 Å². The maximum Gasteiger partial charge on any atom is 0.272 e. The van der Waals surface area contributed by atoms with E-state index in [1.54, 1.807) is 12.1 Å². The average Bonchev–Trinajstić information content (AvgIpc) is 2.39. The van der Waals surface area contributed by atoms with E-state index in [0.717, 1.165) is 5.69 Å². The molecule has 1 amide bonds. The van der Waals surface area contributed by atoms with Crippen LogP contribution in [0.25, 0.3) is 0 Å². The van der Waals surface area contributed by atoms with Crippen molar-refractivity contribution in [2.45, 2.75) is 0 Å². The number of anilines is 2. The number of hydrogen-bond acceptors (Lipinski definition) is 3. The van der Waals surface area contributed by atoms with Gasteiger partial charge >= 0.3 is 0 Å². The van der Waals surface area contributed by atoms with Gasteiger partial charge in [0.1, 0.15) is 5.69 Å². The summed E-state index contributed by atoms with van der Waals surface area (Å²) < 4.78 is 0. The Hall–Kier alpha value is -2.56. The molecule has 0 aliphatic rings. The SMILES string of the molecule is CN(C)c1ccc(NC(=O)c2cccc(=O)[nH]2)cc1. The maximum absolute atomic E-state index is 11.9. The Kier molecular flexibility index (Phi) is 3.66. The van der Waals surface area contributed by atoms with Crippen molar-refractivity contribution in [2.24, 2.45) is 0 Å². The lowest BCUT2D eigenvalue weighted by atomic mass is 10.2. The monoisotopic (exact) mass is 257 g/mol. The highest BCUT2D eigenvalue weighted by molar-refractivity contribution is 6.02. The van der Waals surface area contributed by atoms with E-state index in [1.807, 2.05) is 43.3 Å². The predicted octanol–water partition coefficient (Wildman–Crippen LogP) is 1.69. The number of benzene rings is 1. The van der Waals surface area contributed by atoms with Gasteiger partial charge in [0.05, 0.1) is 0 Å². The van der Waals surface area contributed by atoms with E-state index < -0.39 is 0 Å². The fourth-order valence-corrected chi connectivity index (χ4v) is 1.62. The van der Waals surface area contributed by atoms with E-state index in [1.165, 1.54) is 6.07 Å². The molecule has 5 nitrogen and oxygen atoms in total. The summed E-state index contributed by atoms with van der Waals surface area (Å²) in [5, 5.41) is 2.72. The van der Waals surface area contributed by atoms with Crippen molar-refractivity contribution < 1.29 is 4.79 Å². The summed E-state index contributed by atoms with van der Waals surface area (Å²) in [6, 6.07) is 11.9. The molecule has 0 saturated carbocycles. The molecule has 1 aromatic heterocycles. The zero-order valence-corrected chi connectivity index (χ0v) is 10.8. The van der Waals surface area contributed by atoms with E-state index in [2.05, 4.69) is 10.3 Å². The van der Waals surface area contributed by atoms with Crippen molar-refractivity contribution in [3.63, 3.8) is 0 Å². The molecule has 2 aromatic rings. The smallest absolute Gasteiger partial charge is 0.272 e. The van der Waals surface area contributed by atoms with Gasteiger partial charge in [-0.3, -0.25) is 9.59 Å². The van der Waals surface area contributed by atoms with Crippen LogP contribution in [0.2, 0.25) is 0 Å². The van der Waals surface area contributed by atoms with Gasteiger partial charge in [0.2, 0.25) is 5.56 Å². The second-order valence-corrected chi connectivity index (χ2v) is 4.32. The lowest BCUT2D eigenvalue weighted by molar-refractivity contribution is 0.102. The van der Waals surface area contributed by atoms with Gasteiger partial charge in [-0.25, -0.2) is 0 Å². The second kappa shape index (κ2) is 5.39. The number of rotatable bonds is 3. The van der Waals surface area contributed by atoms with Crippen molar-refractivity contribution in [2.75, 3.05) is 24.3 Å². The zero-order chi connectivity index (χ0) is 13.8. The number of pyridine rings is 1. The minimum atomic E-state index is -0.338. The molecule has 0 aliphatic heterocycles. The van der Waals surface area contributed by atoms with Crippen LogP contribution in [0.1, 0.15) is 10.5 Å². The van der Waals surface area contributed by atoms with Crippen molar-refractivity contribution in [1.29, 1.82) is 0 Å². The molecular weight excluding hydrogens is 242 g/mol. The molecule has 1 aromatic carbocycles. The number of hydrogen-bond donors (Lipinski definition) is 2. The highest BCUT2D eigenvalue weighted by atomic mass is 16.2. The minimum absolute atomic E-state index is 0.240. The number of H-pyrrole nitrogens is 1. The Labute approximate surface area is 110 Å². The third-order valence-electron chi connectivity index (χ3n) is 2.65. The molecule has 0 radical (unpaired) electrons. The summed E-state index contributed by atoms with van der Waals surface area (Å²) in [6.45, 7) is 0.